The number of carbonyl (C=O) groups is 1. The lowest BCUT2D eigenvalue weighted by atomic mass is 10.1. The van der Waals surface area contributed by atoms with Crippen LogP contribution in [0.5, 0.6) is 0 Å². The molecule has 1 aliphatic rings. The Morgan fingerprint density at radius 2 is 2.21 bits per heavy atom. The van der Waals surface area contributed by atoms with E-state index >= 15 is 0 Å². The van der Waals surface area contributed by atoms with Crippen LogP contribution in [-0.2, 0) is 16.1 Å². The van der Waals surface area contributed by atoms with Gasteiger partial charge in [0.15, 0.2) is 0 Å². The van der Waals surface area contributed by atoms with Gasteiger partial charge in [-0.3, -0.25) is 9.69 Å². The van der Waals surface area contributed by atoms with E-state index in [0.717, 1.165) is 36.6 Å². The van der Waals surface area contributed by atoms with Crippen LogP contribution in [0, 0.1) is 0 Å². The third-order valence-electron chi connectivity index (χ3n) is 3.41. The summed E-state index contributed by atoms with van der Waals surface area (Å²) in [5.41, 5.74) is 1.15. The predicted molar refractivity (Wildman–Crippen MR) is 75.2 cm³/mol. The Kier molecular flexibility index (Phi) is 5.19. The van der Waals surface area contributed by atoms with Gasteiger partial charge in [0.1, 0.15) is 0 Å². The van der Waals surface area contributed by atoms with Gasteiger partial charge in [0.2, 0.25) is 0 Å². The molecule has 1 atom stereocenters. The van der Waals surface area contributed by atoms with Gasteiger partial charge in [-0.1, -0.05) is 23.7 Å². The molecule has 1 unspecified atom stereocenters. The van der Waals surface area contributed by atoms with E-state index in [4.69, 9.17) is 16.3 Å². The number of nitrogens with one attached hydrogen (secondary N) is 1. The molecular weight excluding hydrogens is 264 g/mol. The largest absolute Gasteiger partial charge is 0.468 e. The minimum atomic E-state index is -0.194. The smallest absolute Gasteiger partial charge is 0.319 e. The van der Waals surface area contributed by atoms with Crippen molar-refractivity contribution >= 4 is 17.6 Å². The van der Waals surface area contributed by atoms with Crippen LogP contribution >= 0.6 is 11.6 Å². The van der Waals surface area contributed by atoms with Gasteiger partial charge in [0.05, 0.1) is 13.7 Å². The van der Waals surface area contributed by atoms with Gasteiger partial charge in [0, 0.05) is 24.2 Å². The standard InChI is InChI=1S/C14H19ClN2O2/c1-19-14(18)10-17(13-6-7-16-8-13)9-11-2-4-12(15)5-3-11/h2-5,13,16H,6-10H2,1H3. The highest BCUT2D eigenvalue weighted by atomic mass is 35.5. The number of nitrogens with zero attached hydrogens (tertiary/aromatic N) is 1. The quantitative estimate of drug-likeness (QED) is 0.835. The highest BCUT2D eigenvalue weighted by Gasteiger charge is 2.24. The van der Waals surface area contributed by atoms with Crippen molar-refractivity contribution in [1.82, 2.24) is 10.2 Å². The molecule has 1 N–H and O–H groups in total. The van der Waals surface area contributed by atoms with Crippen molar-refractivity contribution in [2.75, 3.05) is 26.7 Å². The van der Waals surface area contributed by atoms with Crippen molar-refractivity contribution in [3.63, 3.8) is 0 Å². The Bertz CT molecular complexity index is 416. The molecular formula is C14H19ClN2O2. The van der Waals surface area contributed by atoms with Crippen molar-refractivity contribution in [2.24, 2.45) is 0 Å². The molecule has 0 radical (unpaired) electrons. The SMILES string of the molecule is COC(=O)CN(Cc1ccc(Cl)cc1)C1CCNC1. The third kappa shape index (κ3) is 4.20. The molecule has 1 aliphatic heterocycles. The van der Waals surface area contributed by atoms with E-state index in [9.17, 15) is 4.79 Å². The summed E-state index contributed by atoms with van der Waals surface area (Å²) in [5, 5.41) is 4.05. The van der Waals surface area contributed by atoms with Crippen LogP contribution in [0.1, 0.15) is 12.0 Å². The molecule has 1 aromatic rings. The van der Waals surface area contributed by atoms with Gasteiger partial charge in [-0.2, -0.15) is 0 Å². The molecule has 2 rings (SSSR count). The van der Waals surface area contributed by atoms with Crippen LogP contribution in [0.15, 0.2) is 24.3 Å². The molecule has 1 fully saturated rings. The lowest BCUT2D eigenvalue weighted by Crippen LogP contribution is -2.40. The maximum absolute atomic E-state index is 11.5. The third-order valence-corrected chi connectivity index (χ3v) is 3.66. The lowest BCUT2D eigenvalue weighted by molar-refractivity contribution is -0.142. The summed E-state index contributed by atoms with van der Waals surface area (Å²) in [7, 11) is 1.43. The number of benzene rings is 1. The number of esters is 1. The molecule has 1 heterocycles. The van der Waals surface area contributed by atoms with Crippen LogP contribution in [0.3, 0.4) is 0 Å². The number of methoxy groups -OCH3 is 1. The van der Waals surface area contributed by atoms with Gasteiger partial charge < -0.3 is 10.1 Å². The summed E-state index contributed by atoms with van der Waals surface area (Å²) in [4.78, 5) is 13.7. The average Bonchev–Trinajstić information content (AvgIpc) is 2.94. The molecule has 0 saturated carbocycles. The van der Waals surface area contributed by atoms with E-state index in [0.29, 0.717) is 12.6 Å². The monoisotopic (exact) mass is 282 g/mol. The van der Waals surface area contributed by atoms with Crippen LogP contribution in [0.4, 0.5) is 0 Å². The summed E-state index contributed by atoms with van der Waals surface area (Å²) < 4.78 is 4.77. The van der Waals surface area contributed by atoms with Crippen LogP contribution in [0.25, 0.3) is 0 Å². The summed E-state index contributed by atoms with van der Waals surface area (Å²) >= 11 is 5.88. The Labute approximate surface area is 118 Å². The van der Waals surface area contributed by atoms with E-state index < -0.39 is 0 Å². The van der Waals surface area contributed by atoms with E-state index in [1.54, 1.807) is 0 Å². The number of hydrogen-bond acceptors (Lipinski definition) is 4. The topological polar surface area (TPSA) is 41.6 Å². The fourth-order valence-electron chi connectivity index (χ4n) is 2.32. The van der Waals surface area contributed by atoms with Crippen molar-refractivity contribution < 1.29 is 9.53 Å². The van der Waals surface area contributed by atoms with Crippen molar-refractivity contribution in [3.8, 4) is 0 Å². The van der Waals surface area contributed by atoms with Crippen molar-refractivity contribution in [1.29, 1.82) is 0 Å². The number of carbonyl (C=O) groups excluding carboxylic acids is 1. The van der Waals surface area contributed by atoms with Crippen molar-refractivity contribution in [2.45, 2.75) is 19.0 Å². The molecule has 19 heavy (non-hydrogen) atoms. The summed E-state index contributed by atoms with van der Waals surface area (Å²) in [6.45, 7) is 2.98. The van der Waals surface area contributed by atoms with Gasteiger partial charge >= 0.3 is 5.97 Å². The van der Waals surface area contributed by atoms with Gasteiger partial charge in [0.25, 0.3) is 0 Å². The molecule has 0 spiro atoms. The van der Waals surface area contributed by atoms with Crippen LogP contribution < -0.4 is 5.32 Å². The van der Waals surface area contributed by atoms with Crippen molar-refractivity contribution in [3.05, 3.63) is 34.9 Å². The van der Waals surface area contributed by atoms with E-state index in [2.05, 4.69) is 10.2 Å². The summed E-state index contributed by atoms with van der Waals surface area (Å²) in [6.07, 6.45) is 1.06. The second kappa shape index (κ2) is 6.89. The molecule has 1 saturated heterocycles. The van der Waals surface area contributed by atoms with E-state index in [1.807, 2.05) is 24.3 Å². The Morgan fingerprint density at radius 1 is 1.47 bits per heavy atom. The zero-order valence-corrected chi connectivity index (χ0v) is 11.8. The molecule has 0 amide bonds. The predicted octanol–water partition coefficient (Wildman–Crippen LogP) is 1.68. The molecule has 5 heteroatoms. The minimum absolute atomic E-state index is 0.194. The average molecular weight is 283 g/mol. The molecule has 0 aliphatic carbocycles. The maximum atomic E-state index is 11.5. The highest BCUT2D eigenvalue weighted by molar-refractivity contribution is 6.30. The molecule has 4 nitrogen and oxygen atoms in total. The van der Waals surface area contributed by atoms with Gasteiger partial charge in [-0.25, -0.2) is 0 Å². The molecule has 104 valence electrons. The zero-order chi connectivity index (χ0) is 13.7. The number of halogens is 1. The second-order valence-corrected chi connectivity index (χ2v) is 5.19. The summed E-state index contributed by atoms with van der Waals surface area (Å²) in [6, 6.07) is 8.12. The lowest BCUT2D eigenvalue weighted by Gasteiger charge is -2.27. The molecule has 1 aromatic carbocycles. The first-order chi connectivity index (χ1) is 9.19. The Morgan fingerprint density at radius 3 is 2.79 bits per heavy atom. The minimum Gasteiger partial charge on any atom is -0.468 e. The first-order valence-electron chi connectivity index (χ1n) is 6.45. The van der Waals surface area contributed by atoms with Crippen LogP contribution in [0.2, 0.25) is 5.02 Å². The first-order valence-corrected chi connectivity index (χ1v) is 6.83. The summed E-state index contributed by atoms with van der Waals surface area (Å²) in [5.74, 6) is -0.194. The number of hydrogen-bond donors (Lipinski definition) is 1. The number of rotatable bonds is 5. The number of ether oxygens (including phenoxy) is 1. The first kappa shape index (κ1) is 14.3. The Balaban J connectivity index is 2.03. The van der Waals surface area contributed by atoms with Gasteiger partial charge in [-0.05, 0) is 30.7 Å². The Hall–Kier alpha value is -1.10. The highest BCUT2D eigenvalue weighted by Crippen LogP contribution is 2.15. The van der Waals surface area contributed by atoms with Gasteiger partial charge in [-0.15, -0.1) is 0 Å². The molecule has 0 aromatic heterocycles. The second-order valence-electron chi connectivity index (χ2n) is 4.75. The maximum Gasteiger partial charge on any atom is 0.319 e. The van der Waals surface area contributed by atoms with E-state index in [1.165, 1.54) is 7.11 Å². The molecule has 0 bridgehead atoms. The zero-order valence-electron chi connectivity index (χ0n) is 11.1. The fraction of sp³-hybridized carbons (Fsp3) is 0.500. The van der Waals surface area contributed by atoms with Crippen LogP contribution in [-0.4, -0.2) is 43.7 Å². The normalized spacial score (nSPS) is 18.8. The fourth-order valence-corrected chi connectivity index (χ4v) is 2.45. The van der Waals surface area contributed by atoms with E-state index in [-0.39, 0.29) is 5.97 Å².